The summed E-state index contributed by atoms with van der Waals surface area (Å²) < 4.78 is 0. The Morgan fingerprint density at radius 1 is 2.00 bits per heavy atom. The van der Waals surface area contributed by atoms with Crippen LogP contribution in [0.4, 0.5) is 0 Å². The van der Waals surface area contributed by atoms with Crippen LogP contribution in [0.25, 0.3) is 0 Å². The third kappa shape index (κ3) is 3.38. The van der Waals surface area contributed by atoms with Crippen molar-refractivity contribution in [2.75, 3.05) is 6.54 Å². The average Bonchev–Trinajstić information content (AvgIpc) is 1.41. The molecule has 2 nitrogen and oxygen atoms in total. The fourth-order valence-electron chi connectivity index (χ4n) is 0.0559. The van der Waals surface area contributed by atoms with Crippen molar-refractivity contribution in [3.05, 3.63) is 6.92 Å². The topological polar surface area (TPSA) is 36.2 Å². The van der Waals surface area contributed by atoms with E-state index in [0.717, 1.165) is 0 Å². The molecule has 0 spiro atoms. The summed E-state index contributed by atoms with van der Waals surface area (Å²) in [4.78, 5) is 3.28. The molecule has 0 fully saturated rings. The molecule has 0 bridgehead atoms. The fraction of sp³-hybridized carbons (Fsp3) is 0.333. The van der Waals surface area contributed by atoms with E-state index in [4.69, 9.17) is 5.41 Å². The molecule has 0 aliphatic rings. The molecule has 5 heavy (non-hydrogen) atoms. The molecule has 0 heterocycles. The fourth-order valence-corrected chi connectivity index (χ4v) is 0.0559. The van der Waals surface area contributed by atoms with Crippen molar-refractivity contribution >= 4 is 6.01 Å². The molecule has 0 aliphatic carbocycles. The second kappa shape index (κ2) is 3.38. The Balaban J connectivity index is 2.93. The van der Waals surface area contributed by atoms with Crippen LogP contribution in [-0.4, -0.2) is 12.6 Å². The highest BCUT2D eigenvalue weighted by molar-refractivity contribution is 5.35. The first-order valence-electron chi connectivity index (χ1n) is 1.29. The first-order chi connectivity index (χ1) is 2.41. The Morgan fingerprint density at radius 3 is 2.60 bits per heavy atom. The minimum atomic E-state index is 0.420. The standard InChI is InChI=1S/C3H5N2/c1-2-5-3-4/h4H,1-2H2. The van der Waals surface area contributed by atoms with E-state index in [-0.39, 0.29) is 0 Å². The zero-order chi connectivity index (χ0) is 4.12. The van der Waals surface area contributed by atoms with Crippen LogP contribution < -0.4 is 0 Å². The number of nitrogens with one attached hydrogen (secondary N) is 1. The lowest BCUT2D eigenvalue weighted by molar-refractivity contribution is 1.25. The van der Waals surface area contributed by atoms with Crippen LogP contribution in [0.5, 0.6) is 0 Å². The van der Waals surface area contributed by atoms with Gasteiger partial charge in [-0.25, -0.2) is 10.4 Å². The summed E-state index contributed by atoms with van der Waals surface area (Å²) in [5.41, 5.74) is 0. The lowest BCUT2D eigenvalue weighted by Gasteiger charge is -1.60. The number of aliphatic imine (C=N–C) groups is 1. The molecule has 27 valence electrons. The van der Waals surface area contributed by atoms with E-state index < -0.39 is 0 Å². The van der Waals surface area contributed by atoms with Crippen molar-refractivity contribution < 1.29 is 0 Å². The van der Waals surface area contributed by atoms with Gasteiger partial charge in [-0.05, 0) is 6.92 Å². The van der Waals surface area contributed by atoms with Crippen LogP contribution in [0, 0.1) is 12.3 Å². The third-order valence-corrected chi connectivity index (χ3v) is 0.191. The molecule has 0 saturated heterocycles. The normalized spacial score (nSPS) is 5.80. The Labute approximate surface area is 31.0 Å². The summed E-state index contributed by atoms with van der Waals surface area (Å²) >= 11 is 0. The van der Waals surface area contributed by atoms with Crippen LogP contribution in [0.3, 0.4) is 0 Å². The monoisotopic (exact) mass is 69.0 g/mol. The van der Waals surface area contributed by atoms with Gasteiger partial charge in [-0.15, -0.1) is 0 Å². The van der Waals surface area contributed by atoms with Gasteiger partial charge >= 0.3 is 0 Å². The molecule has 0 aromatic heterocycles. The summed E-state index contributed by atoms with van der Waals surface area (Å²) in [5, 5.41) is 6.15. The largest absolute Gasteiger partial charge is 0.242 e. The predicted molar refractivity (Wildman–Crippen MR) is 20.4 cm³/mol. The first kappa shape index (κ1) is 4.38. The van der Waals surface area contributed by atoms with E-state index >= 15 is 0 Å². The van der Waals surface area contributed by atoms with Gasteiger partial charge in [0, 0.05) is 6.54 Å². The van der Waals surface area contributed by atoms with Crippen LogP contribution in [0.15, 0.2) is 4.99 Å². The molecule has 0 unspecified atom stereocenters. The van der Waals surface area contributed by atoms with Crippen molar-refractivity contribution in [3.8, 4) is 0 Å². The zero-order valence-corrected chi connectivity index (χ0v) is 2.86. The van der Waals surface area contributed by atoms with E-state index in [9.17, 15) is 0 Å². The van der Waals surface area contributed by atoms with Gasteiger partial charge in [0.2, 0.25) is 0 Å². The molecule has 1 N–H and O–H groups in total. The van der Waals surface area contributed by atoms with E-state index in [2.05, 4.69) is 11.9 Å². The molecule has 0 saturated carbocycles. The van der Waals surface area contributed by atoms with Gasteiger partial charge in [0.1, 0.15) is 0 Å². The molecule has 2 heteroatoms. The van der Waals surface area contributed by atoms with Gasteiger partial charge < -0.3 is 0 Å². The Bertz CT molecular complexity index is 51.9. The number of nitrogens with zero attached hydrogens (tertiary/aromatic N) is 1. The van der Waals surface area contributed by atoms with Gasteiger partial charge in [-0.2, -0.15) is 0 Å². The minimum absolute atomic E-state index is 0.420. The maximum absolute atomic E-state index is 6.15. The van der Waals surface area contributed by atoms with E-state index in [0.29, 0.717) is 6.54 Å². The van der Waals surface area contributed by atoms with Crippen molar-refractivity contribution in [1.29, 1.82) is 5.41 Å². The Morgan fingerprint density at radius 2 is 2.60 bits per heavy atom. The molecule has 0 amide bonds. The zero-order valence-electron chi connectivity index (χ0n) is 2.86. The van der Waals surface area contributed by atoms with E-state index in [1.54, 1.807) is 0 Å². The average molecular weight is 69.1 g/mol. The highest BCUT2D eigenvalue weighted by atomic mass is 14.7. The van der Waals surface area contributed by atoms with E-state index in [1.807, 2.05) is 6.01 Å². The van der Waals surface area contributed by atoms with E-state index in [1.165, 1.54) is 0 Å². The second-order valence-electron chi connectivity index (χ2n) is 0.494. The highest BCUT2D eigenvalue weighted by Gasteiger charge is 1.49. The van der Waals surface area contributed by atoms with Crippen molar-refractivity contribution in [2.24, 2.45) is 4.99 Å². The number of hydrogen-bond acceptors (Lipinski definition) is 2. The lowest BCUT2D eigenvalue weighted by atomic mass is 10.8. The summed E-state index contributed by atoms with van der Waals surface area (Å²) in [6.45, 7) is 3.75. The van der Waals surface area contributed by atoms with Gasteiger partial charge in [0.05, 0.1) is 6.01 Å². The molecule has 0 aliphatic heterocycles. The van der Waals surface area contributed by atoms with Crippen LogP contribution in [-0.2, 0) is 0 Å². The summed E-state index contributed by atoms with van der Waals surface area (Å²) in [6.07, 6.45) is 0. The second-order valence-corrected chi connectivity index (χ2v) is 0.494. The van der Waals surface area contributed by atoms with Crippen molar-refractivity contribution in [1.82, 2.24) is 0 Å². The molecular formula is C3H5N2. The Hall–Kier alpha value is -0.620. The van der Waals surface area contributed by atoms with Gasteiger partial charge in [0.25, 0.3) is 0 Å². The smallest absolute Gasteiger partial charge is 0.0861 e. The number of rotatable bonds is 1. The highest BCUT2D eigenvalue weighted by Crippen LogP contribution is 1.51. The predicted octanol–water partition coefficient (Wildman–Crippen LogP) is 0.573. The molecule has 0 atom stereocenters. The van der Waals surface area contributed by atoms with Crippen LogP contribution in [0.1, 0.15) is 0 Å². The lowest BCUT2D eigenvalue weighted by Crippen LogP contribution is -1.59. The molecular weight excluding hydrogens is 64.0 g/mol. The van der Waals surface area contributed by atoms with Crippen molar-refractivity contribution in [2.45, 2.75) is 0 Å². The number of hydrogen-bond donors (Lipinski definition) is 1. The van der Waals surface area contributed by atoms with Crippen LogP contribution >= 0.6 is 0 Å². The van der Waals surface area contributed by atoms with Gasteiger partial charge in [-0.1, -0.05) is 0 Å². The quantitative estimate of drug-likeness (QED) is 0.437. The van der Waals surface area contributed by atoms with Gasteiger partial charge in [0.15, 0.2) is 0 Å². The first-order valence-corrected chi connectivity index (χ1v) is 1.29. The summed E-state index contributed by atoms with van der Waals surface area (Å²) in [5.74, 6) is 0. The van der Waals surface area contributed by atoms with Gasteiger partial charge in [-0.3, -0.25) is 0 Å². The maximum Gasteiger partial charge on any atom is 0.0861 e. The Kier molecular flexibility index (Phi) is 2.96. The van der Waals surface area contributed by atoms with Crippen molar-refractivity contribution in [3.63, 3.8) is 0 Å². The molecule has 1 radical (unpaired) electrons. The van der Waals surface area contributed by atoms with Crippen LogP contribution in [0.2, 0.25) is 0 Å². The molecule has 0 aromatic carbocycles. The minimum Gasteiger partial charge on any atom is -0.242 e. The SMILES string of the molecule is [CH2]CN=C=N. The molecule has 0 aromatic rings. The maximum atomic E-state index is 6.15. The molecule has 0 rings (SSSR count). The summed E-state index contributed by atoms with van der Waals surface area (Å²) in [7, 11) is 0. The third-order valence-electron chi connectivity index (χ3n) is 0.191. The summed E-state index contributed by atoms with van der Waals surface area (Å²) in [6, 6.07) is 1.83.